The molecular formula is C22H29N5O3. The van der Waals surface area contributed by atoms with E-state index < -0.39 is 5.41 Å². The quantitative estimate of drug-likeness (QED) is 0.830. The minimum Gasteiger partial charge on any atom is -0.374 e. The fraction of sp³-hybridized carbons (Fsp3) is 0.545. The Labute approximate surface area is 176 Å². The molecule has 0 unspecified atom stereocenters. The Kier molecular flexibility index (Phi) is 5.49. The number of nitrogens with one attached hydrogen (secondary N) is 1. The maximum Gasteiger partial charge on any atom is 0.253 e. The lowest BCUT2D eigenvalue weighted by atomic mass is 9.80. The highest BCUT2D eigenvalue weighted by Crippen LogP contribution is 2.32. The van der Waals surface area contributed by atoms with Crippen LogP contribution in [0.4, 0.5) is 5.69 Å². The van der Waals surface area contributed by atoms with Crippen molar-refractivity contribution in [2.75, 3.05) is 31.6 Å². The number of fused-ring (bicyclic) bond motifs is 1. The van der Waals surface area contributed by atoms with E-state index in [-0.39, 0.29) is 18.4 Å². The molecule has 0 radical (unpaired) electrons. The van der Waals surface area contributed by atoms with E-state index in [1.807, 2.05) is 30.0 Å². The molecule has 2 aliphatic heterocycles. The summed E-state index contributed by atoms with van der Waals surface area (Å²) in [4.78, 5) is 30.2. The third kappa shape index (κ3) is 3.91. The lowest BCUT2D eigenvalue weighted by Crippen LogP contribution is -2.51. The van der Waals surface area contributed by atoms with E-state index >= 15 is 0 Å². The molecule has 0 aliphatic carbocycles. The van der Waals surface area contributed by atoms with Crippen molar-refractivity contribution < 1.29 is 14.2 Å². The second-order valence-electron chi connectivity index (χ2n) is 8.74. The second kappa shape index (κ2) is 8.08. The Hall–Kier alpha value is -2.90. The van der Waals surface area contributed by atoms with Gasteiger partial charge in [-0.25, -0.2) is 4.63 Å². The maximum atomic E-state index is 13.2. The third-order valence-electron chi connectivity index (χ3n) is 6.37. The standard InChI is InChI=1S/C22H29N5O3/c1-15-18(25-30-24-15)13-23-21(29)22(2)9-5-11-27(14-22)20(28)17-7-8-19-16(12-17)6-4-10-26(19)3/h7-8,12H,4-6,9-11,13-14H2,1-3H3,(H,23,29)/t22-/m1/s1. The van der Waals surface area contributed by atoms with Crippen LogP contribution in [-0.2, 0) is 17.8 Å². The molecule has 1 fully saturated rings. The van der Waals surface area contributed by atoms with E-state index in [9.17, 15) is 9.59 Å². The number of hydrogen-bond acceptors (Lipinski definition) is 6. The molecule has 0 saturated carbocycles. The van der Waals surface area contributed by atoms with Gasteiger partial charge < -0.3 is 15.1 Å². The second-order valence-corrected chi connectivity index (χ2v) is 8.74. The van der Waals surface area contributed by atoms with Crippen LogP contribution in [-0.4, -0.2) is 53.7 Å². The predicted molar refractivity (Wildman–Crippen MR) is 112 cm³/mol. The third-order valence-corrected chi connectivity index (χ3v) is 6.37. The summed E-state index contributed by atoms with van der Waals surface area (Å²) in [5.41, 5.74) is 3.79. The fourth-order valence-corrected chi connectivity index (χ4v) is 4.49. The van der Waals surface area contributed by atoms with Gasteiger partial charge in [0.15, 0.2) is 0 Å². The van der Waals surface area contributed by atoms with E-state index in [0.29, 0.717) is 30.0 Å². The first-order valence-electron chi connectivity index (χ1n) is 10.6. The molecule has 0 spiro atoms. The SMILES string of the molecule is Cc1nonc1CNC(=O)[C@]1(C)CCCN(C(=O)c2ccc3c(c2)CCCN3C)C1. The van der Waals surface area contributed by atoms with Crippen LogP contribution in [0, 0.1) is 12.3 Å². The maximum absolute atomic E-state index is 13.2. The van der Waals surface area contributed by atoms with Gasteiger partial charge in [0, 0.05) is 37.9 Å². The molecule has 1 saturated heterocycles. The molecule has 8 nitrogen and oxygen atoms in total. The van der Waals surface area contributed by atoms with Crippen molar-refractivity contribution in [3.8, 4) is 0 Å². The lowest BCUT2D eigenvalue weighted by Gasteiger charge is -2.39. The van der Waals surface area contributed by atoms with Crippen molar-refractivity contribution in [3.05, 3.63) is 40.7 Å². The molecule has 1 aromatic heterocycles. The number of hydrogen-bond donors (Lipinski definition) is 1. The molecule has 1 N–H and O–H groups in total. The average Bonchev–Trinajstić information content (AvgIpc) is 3.16. The molecule has 30 heavy (non-hydrogen) atoms. The van der Waals surface area contributed by atoms with Crippen molar-refractivity contribution in [2.45, 2.75) is 46.1 Å². The number of nitrogens with zero attached hydrogens (tertiary/aromatic N) is 4. The van der Waals surface area contributed by atoms with E-state index in [2.05, 4.69) is 32.2 Å². The first kappa shape index (κ1) is 20.4. The van der Waals surface area contributed by atoms with Gasteiger partial charge in [0.1, 0.15) is 11.4 Å². The number of likely N-dealkylation sites (tertiary alicyclic amines) is 1. The van der Waals surface area contributed by atoms with Gasteiger partial charge >= 0.3 is 0 Å². The largest absolute Gasteiger partial charge is 0.374 e. The average molecular weight is 412 g/mol. The first-order chi connectivity index (χ1) is 14.4. The molecule has 3 heterocycles. The van der Waals surface area contributed by atoms with Crippen LogP contribution in [0.1, 0.15) is 53.5 Å². The Balaban J connectivity index is 1.44. The topological polar surface area (TPSA) is 91.6 Å². The molecule has 0 bridgehead atoms. The van der Waals surface area contributed by atoms with Gasteiger partial charge in [-0.05, 0) is 63.3 Å². The summed E-state index contributed by atoms with van der Waals surface area (Å²) in [6.07, 6.45) is 3.64. The lowest BCUT2D eigenvalue weighted by molar-refractivity contribution is -0.132. The molecule has 8 heteroatoms. The summed E-state index contributed by atoms with van der Waals surface area (Å²) in [7, 11) is 2.09. The number of rotatable bonds is 4. The molecule has 2 aliphatic rings. The molecule has 1 aromatic carbocycles. The molecule has 4 rings (SSSR count). The molecule has 2 aromatic rings. The summed E-state index contributed by atoms with van der Waals surface area (Å²) >= 11 is 0. The van der Waals surface area contributed by atoms with Crippen molar-refractivity contribution in [2.24, 2.45) is 5.41 Å². The molecule has 1 atom stereocenters. The van der Waals surface area contributed by atoms with E-state index in [0.717, 1.165) is 32.2 Å². The summed E-state index contributed by atoms with van der Waals surface area (Å²) in [5, 5.41) is 10.5. The van der Waals surface area contributed by atoms with Gasteiger partial charge in [0.2, 0.25) is 5.91 Å². The number of amides is 2. The van der Waals surface area contributed by atoms with Gasteiger partial charge in [-0.1, -0.05) is 10.3 Å². The Morgan fingerprint density at radius 2 is 2.07 bits per heavy atom. The van der Waals surface area contributed by atoms with E-state index in [4.69, 9.17) is 0 Å². The van der Waals surface area contributed by atoms with Crippen molar-refractivity contribution in [1.29, 1.82) is 0 Å². The van der Waals surface area contributed by atoms with E-state index in [1.165, 1.54) is 11.3 Å². The zero-order chi connectivity index (χ0) is 21.3. The Morgan fingerprint density at radius 1 is 1.23 bits per heavy atom. The molecule has 2 amide bonds. The highest BCUT2D eigenvalue weighted by atomic mass is 16.6. The van der Waals surface area contributed by atoms with Crippen LogP contribution >= 0.6 is 0 Å². The van der Waals surface area contributed by atoms with Crippen LogP contribution in [0.15, 0.2) is 22.8 Å². The normalized spacial score (nSPS) is 21.3. The number of benzene rings is 1. The number of aryl methyl sites for hydroxylation is 2. The fourth-order valence-electron chi connectivity index (χ4n) is 4.49. The highest BCUT2D eigenvalue weighted by Gasteiger charge is 2.39. The van der Waals surface area contributed by atoms with Crippen LogP contribution in [0.3, 0.4) is 0 Å². The van der Waals surface area contributed by atoms with Crippen molar-refractivity contribution in [1.82, 2.24) is 20.5 Å². The van der Waals surface area contributed by atoms with Crippen molar-refractivity contribution in [3.63, 3.8) is 0 Å². The zero-order valence-electron chi connectivity index (χ0n) is 17.9. The summed E-state index contributed by atoms with van der Waals surface area (Å²) in [6, 6.07) is 5.99. The van der Waals surface area contributed by atoms with Gasteiger partial charge in [-0.15, -0.1) is 0 Å². The number of piperidine rings is 1. The number of carbonyl (C=O) groups is 2. The number of anilines is 1. The van der Waals surface area contributed by atoms with Gasteiger partial charge in [0.25, 0.3) is 5.91 Å². The minimum absolute atomic E-state index is 0.00120. The first-order valence-corrected chi connectivity index (χ1v) is 10.6. The van der Waals surface area contributed by atoms with Crippen LogP contribution < -0.4 is 10.2 Å². The van der Waals surface area contributed by atoms with Gasteiger partial charge in [-0.3, -0.25) is 9.59 Å². The van der Waals surface area contributed by atoms with Crippen LogP contribution in [0.25, 0.3) is 0 Å². The number of aromatic nitrogens is 2. The van der Waals surface area contributed by atoms with Crippen LogP contribution in [0.5, 0.6) is 0 Å². The van der Waals surface area contributed by atoms with E-state index in [1.54, 1.807) is 6.92 Å². The smallest absolute Gasteiger partial charge is 0.253 e. The zero-order valence-corrected chi connectivity index (χ0v) is 17.9. The van der Waals surface area contributed by atoms with Gasteiger partial charge in [-0.2, -0.15) is 0 Å². The highest BCUT2D eigenvalue weighted by molar-refractivity contribution is 5.95. The monoisotopic (exact) mass is 411 g/mol. The molecule has 160 valence electrons. The van der Waals surface area contributed by atoms with Crippen molar-refractivity contribution >= 4 is 17.5 Å². The minimum atomic E-state index is -0.632. The number of carbonyl (C=O) groups excluding carboxylic acids is 2. The van der Waals surface area contributed by atoms with Crippen LogP contribution in [0.2, 0.25) is 0 Å². The molecular weight excluding hydrogens is 382 g/mol. The predicted octanol–water partition coefficient (Wildman–Crippen LogP) is 2.32. The summed E-state index contributed by atoms with van der Waals surface area (Å²) < 4.78 is 4.68. The van der Waals surface area contributed by atoms with Gasteiger partial charge in [0.05, 0.1) is 12.0 Å². The Bertz CT molecular complexity index is 956. The summed E-state index contributed by atoms with van der Waals surface area (Å²) in [6.45, 7) is 6.12. The summed E-state index contributed by atoms with van der Waals surface area (Å²) in [5.74, 6) is -0.0734. The Morgan fingerprint density at radius 3 is 2.83 bits per heavy atom.